The minimum Gasteiger partial charge on any atom is -0.376 e. The Labute approximate surface area is 126 Å². The van der Waals surface area contributed by atoms with E-state index in [9.17, 15) is 4.79 Å². The summed E-state index contributed by atoms with van der Waals surface area (Å²) in [4.78, 5) is 14.3. The Bertz CT molecular complexity index is 566. The van der Waals surface area contributed by atoms with Crippen LogP contribution in [-0.4, -0.2) is 43.7 Å². The van der Waals surface area contributed by atoms with Gasteiger partial charge in [0, 0.05) is 31.3 Å². The highest BCUT2D eigenvalue weighted by atomic mass is 16.5. The molecule has 0 aromatic heterocycles. The quantitative estimate of drug-likeness (QED) is 0.858. The molecule has 4 heteroatoms. The summed E-state index contributed by atoms with van der Waals surface area (Å²) in [5.74, 6) is 5.79. The molecule has 21 heavy (non-hydrogen) atoms. The maximum absolute atomic E-state index is 12.6. The van der Waals surface area contributed by atoms with Crippen LogP contribution in [0.1, 0.15) is 34.3 Å². The molecule has 1 aliphatic rings. The molecule has 1 amide bonds. The minimum absolute atomic E-state index is 0.0133. The topological polar surface area (TPSA) is 55.6 Å². The van der Waals surface area contributed by atoms with Gasteiger partial charge in [0.1, 0.15) is 0 Å². The van der Waals surface area contributed by atoms with Gasteiger partial charge in [-0.3, -0.25) is 4.79 Å². The Morgan fingerprint density at radius 1 is 1.52 bits per heavy atom. The van der Waals surface area contributed by atoms with Crippen molar-refractivity contribution in [3.05, 3.63) is 34.9 Å². The van der Waals surface area contributed by atoms with Crippen LogP contribution in [0.5, 0.6) is 0 Å². The highest BCUT2D eigenvalue weighted by Gasteiger charge is 2.21. The van der Waals surface area contributed by atoms with Gasteiger partial charge in [-0.2, -0.15) is 0 Å². The molecule has 4 nitrogen and oxygen atoms in total. The summed E-state index contributed by atoms with van der Waals surface area (Å²) < 4.78 is 5.59. The first-order valence-corrected chi connectivity index (χ1v) is 7.28. The fourth-order valence-corrected chi connectivity index (χ4v) is 2.47. The number of ether oxygens (including phenoxy) is 1. The second-order valence-electron chi connectivity index (χ2n) is 5.36. The Morgan fingerprint density at radius 2 is 2.33 bits per heavy atom. The molecule has 0 saturated carbocycles. The van der Waals surface area contributed by atoms with Gasteiger partial charge in [-0.15, -0.1) is 0 Å². The molecule has 1 aromatic rings. The van der Waals surface area contributed by atoms with Crippen molar-refractivity contribution in [2.45, 2.75) is 25.9 Å². The number of nitrogens with zero attached hydrogens (tertiary/aromatic N) is 1. The van der Waals surface area contributed by atoms with Gasteiger partial charge < -0.3 is 15.4 Å². The van der Waals surface area contributed by atoms with E-state index in [-0.39, 0.29) is 12.0 Å². The third-order valence-corrected chi connectivity index (χ3v) is 3.65. The lowest BCUT2D eigenvalue weighted by Crippen LogP contribution is -2.34. The van der Waals surface area contributed by atoms with Crippen LogP contribution < -0.4 is 5.73 Å². The van der Waals surface area contributed by atoms with E-state index in [1.165, 1.54) is 0 Å². The van der Waals surface area contributed by atoms with Crippen molar-refractivity contribution in [2.75, 3.05) is 26.7 Å². The fraction of sp³-hybridized carbons (Fsp3) is 0.471. The van der Waals surface area contributed by atoms with Crippen LogP contribution in [0.3, 0.4) is 0 Å². The SMILES string of the molecule is Cc1ccc(C#CCN)cc1C(=O)N(C)CC1CCCO1. The second kappa shape index (κ2) is 7.26. The summed E-state index contributed by atoms with van der Waals surface area (Å²) in [6, 6.07) is 5.68. The lowest BCUT2D eigenvalue weighted by atomic mass is 10.0. The van der Waals surface area contributed by atoms with E-state index in [4.69, 9.17) is 10.5 Å². The predicted octanol–water partition coefficient (Wildman–Crippen LogP) is 1.56. The van der Waals surface area contributed by atoms with Crippen molar-refractivity contribution in [1.29, 1.82) is 0 Å². The van der Waals surface area contributed by atoms with E-state index >= 15 is 0 Å². The van der Waals surface area contributed by atoms with E-state index in [0.29, 0.717) is 18.7 Å². The molecule has 112 valence electrons. The van der Waals surface area contributed by atoms with Gasteiger partial charge >= 0.3 is 0 Å². The number of benzene rings is 1. The molecule has 1 atom stereocenters. The van der Waals surface area contributed by atoms with Crippen LogP contribution in [0.15, 0.2) is 18.2 Å². The molecule has 0 aliphatic carbocycles. The number of nitrogens with two attached hydrogens (primary N) is 1. The van der Waals surface area contributed by atoms with Crippen LogP contribution in [-0.2, 0) is 4.74 Å². The van der Waals surface area contributed by atoms with Crippen LogP contribution in [0.4, 0.5) is 0 Å². The van der Waals surface area contributed by atoms with Gasteiger partial charge in [0.2, 0.25) is 0 Å². The summed E-state index contributed by atoms with van der Waals surface area (Å²) >= 11 is 0. The fourth-order valence-electron chi connectivity index (χ4n) is 2.47. The largest absolute Gasteiger partial charge is 0.376 e. The van der Waals surface area contributed by atoms with Gasteiger partial charge in [-0.1, -0.05) is 17.9 Å². The highest BCUT2D eigenvalue weighted by Crippen LogP contribution is 2.16. The zero-order chi connectivity index (χ0) is 15.2. The Morgan fingerprint density at radius 3 is 3.00 bits per heavy atom. The van der Waals surface area contributed by atoms with Crippen molar-refractivity contribution < 1.29 is 9.53 Å². The van der Waals surface area contributed by atoms with Gasteiger partial charge in [-0.25, -0.2) is 0 Å². The molecule has 1 fully saturated rings. The number of likely N-dealkylation sites (N-methyl/N-ethyl adjacent to an activating group) is 1. The molecule has 2 rings (SSSR count). The highest BCUT2D eigenvalue weighted by molar-refractivity contribution is 5.95. The maximum Gasteiger partial charge on any atom is 0.253 e. The number of hydrogen-bond acceptors (Lipinski definition) is 3. The first-order chi connectivity index (χ1) is 10.1. The third kappa shape index (κ3) is 4.07. The summed E-state index contributed by atoms with van der Waals surface area (Å²) in [6.07, 6.45) is 2.27. The number of rotatable bonds is 3. The molecule has 1 saturated heterocycles. The molecule has 1 unspecified atom stereocenters. The smallest absolute Gasteiger partial charge is 0.253 e. The van der Waals surface area contributed by atoms with Crippen molar-refractivity contribution >= 4 is 5.91 Å². The van der Waals surface area contributed by atoms with Crippen LogP contribution in [0.2, 0.25) is 0 Å². The lowest BCUT2D eigenvalue weighted by Gasteiger charge is -2.21. The zero-order valence-electron chi connectivity index (χ0n) is 12.7. The lowest BCUT2D eigenvalue weighted by molar-refractivity contribution is 0.0586. The van der Waals surface area contributed by atoms with E-state index in [0.717, 1.165) is 30.6 Å². The molecule has 0 radical (unpaired) electrons. The number of carbonyl (C=O) groups excluding carboxylic acids is 1. The first-order valence-electron chi connectivity index (χ1n) is 7.28. The molecule has 0 spiro atoms. The van der Waals surface area contributed by atoms with Crippen LogP contribution in [0, 0.1) is 18.8 Å². The maximum atomic E-state index is 12.6. The Balaban J connectivity index is 2.13. The number of carbonyl (C=O) groups is 1. The van der Waals surface area contributed by atoms with Gasteiger partial charge in [-0.05, 0) is 37.5 Å². The summed E-state index contributed by atoms with van der Waals surface area (Å²) in [7, 11) is 1.82. The van der Waals surface area contributed by atoms with Crippen LogP contribution >= 0.6 is 0 Å². The molecular weight excluding hydrogens is 264 g/mol. The minimum atomic E-state index is 0.0133. The molecular formula is C17H22N2O2. The molecule has 1 aromatic carbocycles. The summed E-state index contributed by atoms with van der Waals surface area (Å²) in [5, 5.41) is 0. The molecule has 0 bridgehead atoms. The Hall–Kier alpha value is -1.83. The van der Waals surface area contributed by atoms with Crippen molar-refractivity contribution in [2.24, 2.45) is 5.73 Å². The monoisotopic (exact) mass is 286 g/mol. The average molecular weight is 286 g/mol. The predicted molar refractivity (Wildman–Crippen MR) is 83.0 cm³/mol. The van der Waals surface area contributed by atoms with Gasteiger partial charge in [0.15, 0.2) is 0 Å². The average Bonchev–Trinajstić information content (AvgIpc) is 2.98. The normalized spacial score (nSPS) is 17.2. The number of hydrogen-bond donors (Lipinski definition) is 1. The standard InChI is InChI=1S/C17H22N2O2/c1-13-7-8-14(5-3-9-18)11-16(13)17(20)19(2)12-15-6-4-10-21-15/h7-8,11,15H,4,6,9-10,12,18H2,1-2H3. The molecule has 1 aliphatic heterocycles. The zero-order valence-corrected chi connectivity index (χ0v) is 12.7. The van der Waals surface area contributed by atoms with E-state index in [1.807, 2.05) is 32.2 Å². The van der Waals surface area contributed by atoms with E-state index in [2.05, 4.69) is 11.8 Å². The van der Waals surface area contributed by atoms with Crippen molar-refractivity contribution in [3.8, 4) is 11.8 Å². The van der Waals surface area contributed by atoms with Crippen molar-refractivity contribution in [3.63, 3.8) is 0 Å². The van der Waals surface area contributed by atoms with Crippen molar-refractivity contribution in [1.82, 2.24) is 4.90 Å². The van der Waals surface area contributed by atoms with Gasteiger partial charge in [0.25, 0.3) is 5.91 Å². The van der Waals surface area contributed by atoms with Crippen LogP contribution in [0.25, 0.3) is 0 Å². The summed E-state index contributed by atoms with van der Waals surface area (Å²) in [6.45, 7) is 3.69. The van der Waals surface area contributed by atoms with E-state index < -0.39 is 0 Å². The third-order valence-electron chi connectivity index (χ3n) is 3.65. The Kier molecular flexibility index (Phi) is 5.38. The first kappa shape index (κ1) is 15.6. The second-order valence-corrected chi connectivity index (χ2v) is 5.36. The number of aryl methyl sites for hydroxylation is 1. The van der Waals surface area contributed by atoms with E-state index in [1.54, 1.807) is 4.90 Å². The number of amides is 1. The summed E-state index contributed by atoms with van der Waals surface area (Å²) in [5.41, 5.74) is 7.85. The molecule has 2 N–H and O–H groups in total. The van der Waals surface area contributed by atoms with Gasteiger partial charge in [0.05, 0.1) is 12.6 Å². The molecule has 1 heterocycles.